The van der Waals surface area contributed by atoms with Crippen LogP contribution in [0.25, 0.3) is 0 Å². The molecule has 3 aliphatic rings. The Morgan fingerprint density at radius 1 is 1.26 bits per heavy atom. The second-order valence-electron chi connectivity index (χ2n) is 8.81. The Bertz CT molecular complexity index is 739. The Kier molecular flexibility index (Phi) is 5.37. The average Bonchev–Trinajstić information content (AvgIpc) is 3.03. The number of hydrogen-bond donors (Lipinski definition) is 1. The minimum Gasteiger partial charge on any atom is -0.392 e. The molecule has 2 saturated carbocycles. The van der Waals surface area contributed by atoms with E-state index in [0.29, 0.717) is 11.7 Å². The summed E-state index contributed by atoms with van der Waals surface area (Å²) in [5.74, 6) is 3.24. The number of fused-ring (bicyclic) bond motifs is 2. The molecule has 2 bridgehead atoms. The highest BCUT2D eigenvalue weighted by Gasteiger charge is 2.64. The Hall–Kier alpha value is -0.230. The molecule has 2 aliphatic carbocycles. The standard InChI is InChI=1S/C22H30O2S3/c1-16(22(25-12-7-13-26-22)17-8-5-4-6-9-17)27(24)15-21-11-10-18(14-19(21)23)20(21,2)3/h4-6,8-9,18-19,23H,1,7,10-15H2,2-3H3/t18-,19-,21-,27?/m1/s1. The maximum atomic E-state index is 13.7. The largest absolute Gasteiger partial charge is 0.392 e. The smallest absolute Gasteiger partial charge is 0.119 e. The van der Waals surface area contributed by atoms with Crippen molar-refractivity contribution < 1.29 is 9.32 Å². The van der Waals surface area contributed by atoms with Gasteiger partial charge in [0.25, 0.3) is 0 Å². The monoisotopic (exact) mass is 422 g/mol. The molecule has 1 aromatic carbocycles. The summed E-state index contributed by atoms with van der Waals surface area (Å²) >= 11 is 3.77. The van der Waals surface area contributed by atoms with Crippen LogP contribution in [0, 0.1) is 16.7 Å². The van der Waals surface area contributed by atoms with Crippen LogP contribution < -0.4 is 0 Å². The Morgan fingerprint density at radius 3 is 2.48 bits per heavy atom. The molecule has 148 valence electrons. The summed E-state index contributed by atoms with van der Waals surface area (Å²) in [6.45, 7) is 8.95. The predicted molar refractivity (Wildman–Crippen MR) is 119 cm³/mol. The minimum absolute atomic E-state index is 0.0507. The highest BCUT2D eigenvalue weighted by atomic mass is 32.2. The van der Waals surface area contributed by atoms with Crippen LogP contribution in [-0.2, 0) is 14.9 Å². The van der Waals surface area contributed by atoms with Crippen molar-refractivity contribution in [2.75, 3.05) is 17.3 Å². The van der Waals surface area contributed by atoms with Crippen LogP contribution in [0.2, 0.25) is 0 Å². The fourth-order valence-corrected chi connectivity index (χ4v) is 11.3. The summed E-state index contributed by atoms with van der Waals surface area (Å²) in [5, 5.41) is 10.9. The Labute approximate surface area is 174 Å². The van der Waals surface area contributed by atoms with Crippen LogP contribution in [0.15, 0.2) is 41.8 Å². The zero-order chi connectivity index (χ0) is 19.3. The summed E-state index contributed by atoms with van der Waals surface area (Å²) in [7, 11) is -1.17. The van der Waals surface area contributed by atoms with Crippen LogP contribution in [0.4, 0.5) is 0 Å². The number of hydrogen-bond acceptors (Lipinski definition) is 4. The highest BCUT2D eigenvalue weighted by Crippen LogP contribution is 2.66. The lowest BCUT2D eigenvalue weighted by atomic mass is 9.70. The third-order valence-corrected chi connectivity index (χ3v) is 12.8. The van der Waals surface area contributed by atoms with Gasteiger partial charge in [-0.05, 0) is 54.1 Å². The van der Waals surface area contributed by atoms with Gasteiger partial charge in [0.15, 0.2) is 0 Å². The zero-order valence-corrected chi connectivity index (χ0v) is 18.7. The van der Waals surface area contributed by atoms with Gasteiger partial charge >= 0.3 is 0 Å². The van der Waals surface area contributed by atoms with Crippen molar-refractivity contribution in [2.24, 2.45) is 16.7 Å². The average molecular weight is 423 g/mol. The molecule has 1 aliphatic heterocycles. The maximum Gasteiger partial charge on any atom is 0.119 e. The normalized spacial score (nSPS) is 35.1. The topological polar surface area (TPSA) is 37.3 Å². The number of thioether (sulfide) groups is 2. The van der Waals surface area contributed by atoms with Gasteiger partial charge in [0, 0.05) is 16.1 Å². The lowest BCUT2D eigenvalue weighted by Gasteiger charge is -2.42. The first kappa shape index (κ1) is 20.1. The van der Waals surface area contributed by atoms with E-state index in [1.165, 1.54) is 12.0 Å². The van der Waals surface area contributed by atoms with E-state index in [9.17, 15) is 9.32 Å². The van der Waals surface area contributed by atoms with E-state index in [0.717, 1.165) is 35.7 Å². The molecule has 3 fully saturated rings. The molecule has 1 N–H and O–H groups in total. The highest BCUT2D eigenvalue weighted by molar-refractivity contribution is 8.19. The van der Waals surface area contributed by atoms with Crippen molar-refractivity contribution >= 4 is 34.3 Å². The van der Waals surface area contributed by atoms with Crippen LogP contribution in [0.3, 0.4) is 0 Å². The maximum absolute atomic E-state index is 13.7. The first-order valence-electron chi connectivity index (χ1n) is 9.93. The van der Waals surface area contributed by atoms with E-state index < -0.39 is 10.8 Å². The summed E-state index contributed by atoms with van der Waals surface area (Å²) in [5.41, 5.74) is 1.02. The molecule has 1 saturated heterocycles. The fourth-order valence-electron chi connectivity index (χ4n) is 5.53. The third-order valence-electron chi connectivity index (χ3n) is 7.47. The molecule has 0 radical (unpaired) electrons. The summed E-state index contributed by atoms with van der Waals surface area (Å²) in [4.78, 5) is 0.830. The third kappa shape index (κ3) is 2.99. The molecule has 4 rings (SSSR count). The Balaban J connectivity index is 1.64. The second-order valence-corrected chi connectivity index (χ2v) is 13.2. The number of rotatable bonds is 5. The molecular formula is C22H30O2S3. The molecule has 1 unspecified atom stereocenters. The quantitative estimate of drug-likeness (QED) is 0.711. The first-order valence-corrected chi connectivity index (χ1v) is 13.2. The fraction of sp³-hybridized carbons (Fsp3) is 0.636. The van der Waals surface area contributed by atoms with Crippen LogP contribution in [-0.4, -0.2) is 32.7 Å². The van der Waals surface area contributed by atoms with Crippen molar-refractivity contribution in [2.45, 2.75) is 49.7 Å². The number of aliphatic hydroxyl groups excluding tert-OH is 1. The lowest BCUT2D eigenvalue weighted by Crippen LogP contribution is -2.44. The molecule has 0 aromatic heterocycles. The molecule has 0 spiro atoms. The van der Waals surface area contributed by atoms with Crippen molar-refractivity contribution in [1.29, 1.82) is 0 Å². The Morgan fingerprint density at radius 2 is 1.93 bits per heavy atom. The SMILES string of the molecule is C=C(S(=O)C[C@]12CC[C@H](C[C@H]1O)C2(C)C)C1(c2ccccc2)SCCCS1. The van der Waals surface area contributed by atoms with Crippen LogP contribution in [0.5, 0.6) is 0 Å². The van der Waals surface area contributed by atoms with Gasteiger partial charge in [0.2, 0.25) is 0 Å². The summed E-state index contributed by atoms with van der Waals surface area (Å²) < 4.78 is 13.3. The van der Waals surface area contributed by atoms with Gasteiger partial charge in [-0.15, -0.1) is 23.5 Å². The summed E-state index contributed by atoms with van der Waals surface area (Å²) in [6.07, 6.45) is 3.86. The predicted octanol–water partition coefficient (Wildman–Crippen LogP) is 5.16. The molecule has 5 heteroatoms. The van der Waals surface area contributed by atoms with E-state index in [4.69, 9.17) is 0 Å². The molecule has 2 nitrogen and oxygen atoms in total. The molecule has 0 amide bonds. The molecule has 27 heavy (non-hydrogen) atoms. The van der Waals surface area contributed by atoms with Gasteiger partial charge in [-0.3, -0.25) is 4.21 Å². The van der Waals surface area contributed by atoms with Crippen molar-refractivity contribution in [1.82, 2.24) is 0 Å². The van der Waals surface area contributed by atoms with Gasteiger partial charge in [0.05, 0.1) is 16.9 Å². The van der Waals surface area contributed by atoms with Crippen molar-refractivity contribution in [3.05, 3.63) is 47.4 Å². The molecule has 4 atom stereocenters. The molecular weight excluding hydrogens is 392 g/mol. The second kappa shape index (κ2) is 7.23. The van der Waals surface area contributed by atoms with Gasteiger partial charge in [-0.2, -0.15) is 0 Å². The van der Waals surface area contributed by atoms with E-state index >= 15 is 0 Å². The van der Waals surface area contributed by atoms with E-state index in [-0.39, 0.29) is 21.0 Å². The molecule has 1 aromatic rings. The molecule has 1 heterocycles. The van der Waals surface area contributed by atoms with Gasteiger partial charge in [-0.25, -0.2) is 0 Å². The van der Waals surface area contributed by atoms with Crippen LogP contribution in [0.1, 0.15) is 45.1 Å². The number of benzene rings is 1. The van der Waals surface area contributed by atoms with E-state index in [2.05, 4.69) is 44.7 Å². The van der Waals surface area contributed by atoms with Crippen molar-refractivity contribution in [3.63, 3.8) is 0 Å². The van der Waals surface area contributed by atoms with E-state index in [1.807, 2.05) is 29.6 Å². The van der Waals surface area contributed by atoms with Gasteiger partial charge in [0.1, 0.15) is 4.08 Å². The lowest BCUT2D eigenvalue weighted by molar-refractivity contribution is 0.0161. The van der Waals surface area contributed by atoms with E-state index in [1.54, 1.807) is 0 Å². The van der Waals surface area contributed by atoms with Gasteiger partial charge in [-0.1, -0.05) is 50.8 Å². The summed E-state index contributed by atoms with van der Waals surface area (Å²) in [6, 6.07) is 10.4. The van der Waals surface area contributed by atoms with Crippen LogP contribution >= 0.6 is 23.5 Å². The zero-order valence-electron chi connectivity index (χ0n) is 16.3. The van der Waals surface area contributed by atoms with Gasteiger partial charge < -0.3 is 5.11 Å². The first-order chi connectivity index (χ1) is 12.8. The van der Waals surface area contributed by atoms with Crippen molar-refractivity contribution in [3.8, 4) is 0 Å². The number of aliphatic hydroxyl groups is 1. The minimum atomic E-state index is -1.17.